The van der Waals surface area contributed by atoms with Crippen LogP contribution >= 0.6 is 11.6 Å². The summed E-state index contributed by atoms with van der Waals surface area (Å²) in [7, 11) is 3.15. The highest BCUT2D eigenvalue weighted by Gasteiger charge is 2.20. The number of aliphatic hydroxyl groups excluding tert-OH is 1. The lowest BCUT2D eigenvalue weighted by Crippen LogP contribution is -2.09. The number of methoxy groups -OCH3 is 2. The monoisotopic (exact) mass is 272 g/mol. The van der Waals surface area contributed by atoms with Gasteiger partial charge in [-0.05, 0) is 36.5 Å². The van der Waals surface area contributed by atoms with Crippen LogP contribution in [0, 0.1) is 0 Å². The van der Waals surface area contributed by atoms with Gasteiger partial charge in [0.25, 0.3) is 0 Å². The maximum absolute atomic E-state index is 9.58. The number of benzene rings is 1. The maximum Gasteiger partial charge on any atom is 0.179 e. The molecular weight excluding hydrogens is 252 g/mol. The molecular formula is C14H21ClO3. The third kappa shape index (κ3) is 3.09. The average molecular weight is 273 g/mol. The van der Waals surface area contributed by atoms with E-state index in [1.807, 2.05) is 6.07 Å². The minimum absolute atomic E-state index is 0.256. The van der Waals surface area contributed by atoms with Gasteiger partial charge in [0.2, 0.25) is 0 Å². The van der Waals surface area contributed by atoms with Crippen molar-refractivity contribution in [3.63, 3.8) is 0 Å². The van der Waals surface area contributed by atoms with E-state index in [9.17, 15) is 5.11 Å². The van der Waals surface area contributed by atoms with E-state index in [0.29, 0.717) is 22.9 Å². The highest BCUT2D eigenvalue weighted by molar-refractivity contribution is 6.33. The van der Waals surface area contributed by atoms with Crippen molar-refractivity contribution >= 4 is 11.6 Å². The Bertz CT molecular complexity index is 414. The molecule has 0 radical (unpaired) electrons. The van der Waals surface area contributed by atoms with Crippen LogP contribution in [0.4, 0.5) is 0 Å². The summed E-state index contributed by atoms with van der Waals surface area (Å²) in [6.45, 7) is 5.89. The fraction of sp³-hybridized carbons (Fsp3) is 0.571. The Hall–Kier alpha value is -0.930. The number of aliphatic hydroxyl groups is 1. The molecule has 0 aliphatic carbocycles. The summed E-state index contributed by atoms with van der Waals surface area (Å²) >= 11 is 6.39. The Morgan fingerprint density at radius 3 is 2.22 bits per heavy atom. The molecule has 0 bridgehead atoms. The van der Waals surface area contributed by atoms with Crippen molar-refractivity contribution in [3.8, 4) is 11.5 Å². The largest absolute Gasteiger partial charge is 0.493 e. The molecule has 1 aromatic carbocycles. The first-order valence-corrected chi connectivity index (χ1v) is 6.41. The fourth-order valence-corrected chi connectivity index (χ4v) is 2.64. The molecule has 3 nitrogen and oxygen atoms in total. The molecule has 0 aliphatic heterocycles. The highest BCUT2D eigenvalue weighted by atomic mass is 35.5. The molecule has 0 saturated heterocycles. The van der Waals surface area contributed by atoms with Crippen molar-refractivity contribution in [2.45, 2.75) is 39.2 Å². The van der Waals surface area contributed by atoms with E-state index in [2.05, 4.69) is 13.8 Å². The molecule has 1 atom stereocenters. The third-order valence-electron chi connectivity index (χ3n) is 2.83. The van der Waals surface area contributed by atoms with Gasteiger partial charge >= 0.3 is 0 Å². The van der Waals surface area contributed by atoms with Crippen molar-refractivity contribution in [2.75, 3.05) is 14.2 Å². The summed E-state index contributed by atoms with van der Waals surface area (Å²) in [5, 5.41) is 10.1. The van der Waals surface area contributed by atoms with Crippen LogP contribution in [0.1, 0.15) is 37.8 Å². The number of ether oxygens (including phenoxy) is 2. The SMILES string of the molecule is COc1cc(CC(C)O)c(C(C)C)c(Cl)c1OC. The zero-order valence-electron chi connectivity index (χ0n) is 11.6. The zero-order valence-corrected chi connectivity index (χ0v) is 12.3. The van der Waals surface area contributed by atoms with Gasteiger partial charge in [0.15, 0.2) is 11.5 Å². The van der Waals surface area contributed by atoms with Crippen LogP contribution in [0.25, 0.3) is 0 Å². The van der Waals surface area contributed by atoms with E-state index in [0.717, 1.165) is 11.1 Å². The van der Waals surface area contributed by atoms with Gasteiger partial charge in [-0.15, -0.1) is 0 Å². The highest BCUT2D eigenvalue weighted by Crippen LogP contribution is 2.42. The lowest BCUT2D eigenvalue weighted by atomic mass is 9.93. The first-order chi connectivity index (χ1) is 8.42. The Labute approximate surface area is 114 Å². The minimum Gasteiger partial charge on any atom is -0.493 e. The molecule has 0 heterocycles. The van der Waals surface area contributed by atoms with Gasteiger partial charge < -0.3 is 14.6 Å². The molecule has 0 saturated carbocycles. The van der Waals surface area contributed by atoms with E-state index in [4.69, 9.17) is 21.1 Å². The minimum atomic E-state index is -0.420. The van der Waals surface area contributed by atoms with E-state index in [1.54, 1.807) is 21.1 Å². The molecule has 0 aliphatic rings. The molecule has 0 aromatic heterocycles. The third-order valence-corrected chi connectivity index (χ3v) is 3.20. The molecule has 0 amide bonds. The van der Waals surface area contributed by atoms with Gasteiger partial charge in [0.1, 0.15) is 0 Å². The number of hydrogen-bond donors (Lipinski definition) is 1. The molecule has 18 heavy (non-hydrogen) atoms. The van der Waals surface area contributed by atoms with Crippen molar-refractivity contribution < 1.29 is 14.6 Å². The van der Waals surface area contributed by atoms with Gasteiger partial charge in [-0.25, -0.2) is 0 Å². The molecule has 1 aromatic rings. The second kappa shape index (κ2) is 6.30. The Balaban J connectivity index is 3.44. The van der Waals surface area contributed by atoms with Crippen LogP contribution < -0.4 is 9.47 Å². The molecule has 1 rings (SSSR count). The normalized spacial score (nSPS) is 12.7. The average Bonchev–Trinajstić information content (AvgIpc) is 2.26. The first kappa shape index (κ1) is 15.1. The molecule has 1 unspecified atom stereocenters. The Morgan fingerprint density at radius 1 is 1.22 bits per heavy atom. The van der Waals surface area contributed by atoms with Crippen molar-refractivity contribution in [1.29, 1.82) is 0 Å². The van der Waals surface area contributed by atoms with Gasteiger partial charge in [-0.3, -0.25) is 0 Å². The van der Waals surface area contributed by atoms with Crippen LogP contribution in [0.5, 0.6) is 11.5 Å². The van der Waals surface area contributed by atoms with E-state index in [1.165, 1.54) is 0 Å². The van der Waals surface area contributed by atoms with Crippen LogP contribution in [-0.2, 0) is 6.42 Å². The summed E-state index contributed by atoms with van der Waals surface area (Å²) in [5.74, 6) is 1.41. The molecule has 0 fully saturated rings. The second-order valence-electron chi connectivity index (χ2n) is 4.71. The van der Waals surface area contributed by atoms with Gasteiger partial charge in [0.05, 0.1) is 25.3 Å². The Morgan fingerprint density at radius 2 is 1.83 bits per heavy atom. The summed E-state index contributed by atoms with van der Waals surface area (Å²) in [5.41, 5.74) is 2.01. The number of rotatable bonds is 5. The van der Waals surface area contributed by atoms with Crippen LogP contribution in [0.2, 0.25) is 5.02 Å². The fourth-order valence-electron chi connectivity index (χ4n) is 2.13. The number of hydrogen-bond acceptors (Lipinski definition) is 3. The summed E-state index contributed by atoms with van der Waals surface area (Å²) in [6, 6.07) is 1.90. The molecule has 102 valence electrons. The standard InChI is InChI=1S/C14H21ClO3/c1-8(2)12-10(6-9(3)16)7-11(17-4)14(18-5)13(12)15/h7-9,16H,6H2,1-5H3. The van der Waals surface area contributed by atoms with Gasteiger partial charge in [-0.2, -0.15) is 0 Å². The van der Waals surface area contributed by atoms with Crippen molar-refractivity contribution in [1.82, 2.24) is 0 Å². The van der Waals surface area contributed by atoms with Gasteiger partial charge in [0, 0.05) is 0 Å². The zero-order chi connectivity index (χ0) is 13.9. The summed E-state index contributed by atoms with van der Waals surface area (Å²) < 4.78 is 10.6. The van der Waals surface area contributed by atoms with Crippen LogP contribution in [0.3, 0.4) is 0 Å². The molecule has 1 N–H and O–H groups in total. The first-order valence-electron chi connectivity index (χ1n) is 6.03. The van der Waals surface area contributed by atoms with E-state index >= 15 is 0 Å². The second-order valence-corrected chi connectivity index (χ2v) is 5.08. The number of halogens is 1. The predicted molar refractivity (Wildman–Crippen MR) is 74.0 cm³/mol. The maximum atomic E-state index is 9.58. The molecule has 4 heteroatoms. The van der Waals surface area contributed by atoms with Crippen molar-refractivity contribution in [2.24, 2.45) is 0 Å². The predicted octanol–water partition coefficient (Wildman–Crippen LogP) is 3.40. The van der Waals surface area contributed by atoms with E-state index in [-0.39, 0.29) is 5.92 Å². The topological polar surface area (TPSA) is 38.7 Å². The lowest BCUT2D eigenvalue weighted by Gasteiger charge is -2.20. The quantitative estimate of drug-likeness (QED) is 0.893. The van der Waals surface area contributed by atoms with Crippen molar-refractivity contribution in [3.05, 3.63) is 22.2 Å². The summed E-state index contributed by atoms with van der Waals surface area (Å²) in [4.78, 5) is 0. The van der Waals surface area contributed by atoms with Crippen LogP contribution in [0.15, 0.2) is 6.07 Å². The smallest absolute Gasteiger partial charge is 0.179 e. The van der Waals surface area contributed by atoms with E-state index < -0.39 is 6.10 Å². The molecule has 0 spiro atoms. The van der Waals surface area contributed by atoms with Gasteiger partial charge in [-0.1, -0.05) is 25.4 Å². The lowest BCUT2D eigenvalue weighted by molar-refractivity contribution is 0.195. The Kier molecular flexibility index (Phi) is 5.29. The van der Waals surface area contributed by atoms with Crippen LogP contribution in [-0.4, -0.2) is 25.4 Å². The summed E-state index contributed by atoms with van der Waals surface area (Å²) in [6.07, 6.45) is 0.129.